The maximum atomic E-state index is 13.3. The summed E-state index contributed by atoms with van der Waals surface area (Å²) in [6, 6.07) is 13.0. The van der Waals surface area contributed by atoms with Gasteiger partial charge in [0.05, 0.1) is 0 Å². The molecule has 0 aliphatic rings. The molecule has 1 atom stereocenters. The van der Waals surface area contributed by atoms with E-state index in [1.807, 2.05) is 0 Å². The van der Waals surface area contributed by atoms with E-state index in [0.717, 1.165) is 24.0 Å². The first-order chi connectivity index (χ1) is 15.5. The predicted molar refractivity (Wildman–Crippen MR) is 138 cm³/mol. The van der Waals surface area contributed by atoms with Gasteiger partial charge in [0.25, 0.3) is 0 Å². The maximum absolute atomic E-state index is 13.3. The van der Waals surface area contributed by atoms with Crippen molar-refractivity contribution in [3.8, 4) is 0 Å². The SMILES string of the molecule is CCCCNC(=O)[C@@H](C)N(Cc1ccc(Cl)cc1Cl)C(=O)CCc1ccc(C(C)(C)C)cc1. The van der Waals surface area contributed by atoms with Crippen LogP contribution in [0.15, 0.2) is 42.5 Å². The molecule has 0 heterocycles. The van der Waals surface area contributed by atoms with Gasteiger partial charge < -0.3 is 10.2 Å². The second-order valence-electron chi connectivity index (χ2n) is 9.52. The summed E-state index contributed by atoms with van der Waals surface area (Å²) >= 11 is 12.4. The zero-order valence-corrected chi connectivity index (χ0v) is 21.9. The summed E-state index contributed by atoms with van der Waals surface area (Å²) in [4.78, 5) is 27.6. The van der Waals surface area contributed by atoms with Crippen LogP contribution in [0.1, 0.15) is 70.6 Å². The Balaban J connectivity index is 2.15. The third-order valence-corrected chi connectivity index (χ3v) is 6.39. The molecule has 0 aliphatic heterocycles. The minimum atomic E-state index is -0.607. The topological polar surface area (TPSA) is 49.4 Å². The van der Waals surface area contributed by atoms with Crippen LogP contribution in [0.25, 0.3) is 0 Å². The molecule has 0 radical (unpaired) electrons. The van der Waals surface area contributed by atoms with Gasteiger partial charge in [-0.1, -0.05) is 87.6 Å². The average molecular weight is 492 g/mol. The van der Waals surface area contributed by atoms with Crippen molar-refractivity contribution in [2.24, 2.45) is 0 Å². The minimum Gasteiger partial charge on any atom is -0.354 e. The summed E-state index contributed by atoms with van der Waals surface area (Å²) in [7, 11) is 0. The molecular weight excluding hydrogens is 455 g/mol. The first kappa shape index (κ1) is 27.2. The first-order valence-corrected chi connectivity index (χ1v) is 12.4. The van der Waals surface area contributed by atoms with Crippen LogP contribution in [-0.2, 0) is 28.0 Å². The fourth-order valence-corrected chi connectivity index (χ4v) is 3.99. The van der Waals surface area contributed by atoms with Crippen LogP contribution >= 0.6 is 23.2 Å². The number of benzene rings is 2. The molecule has 2 aromatic carbocycles. The molecular formula is C27H36Cl2N2O2. The van der Waals surface area contributed by atoms with Crippen LogP contribution in [0, 0.1) is 0 Å². The van der Waals surface area contributed by atoms with Gasteiger partial charge in [-0.15, -0.1) is 0 Å². The molecule has 180 valence electrons. The number of nitrogens with zero attached hydrogens (tertiary/aromatic N) is 1. The highest BCUT2D eigenvalue weighted by atomic mass is 35.5. The number of amides is 2. The van der Waals surface area contributed by atoms with Crippen LogP contribution in [0.4, 0.5) is 0 Å². The van der Waals surface area contributed by atoms with Crippen molar-refractivity contribution < 1.29 is 9.59 Å². The lowest BCUT2D eigenvalue weighted by Crippen LogP contribution is -2.47. The van der Waals surface area contributed by atoms with Gasteiger partial charge in [-0.05, 0) is 54.0 Å². The minimum absolute atomic E-state index is 0.0842. The van der Waals surface area contributed by atoms with Crippen molar-refractivity contribution in [2.75, 3.05) is 6.54 Å². The lowest BCUT2D eigenvalue weighted by atomic mass is 9.86. The Kier molecular flexibility index (Phi) is 10.2. The Morgan fingerprint density at radius 3 is 2.30 bits per heavy atom. The smallest absolute Gasteiger partial charge is 0.242 e. The normalized spacial score (nSPS) is 12.3. The van der Waals surface area contributed by atoms with Crippen molar-refractivity contribution in [2.45, 2.75) is 78.3 Å². The van der Waals surface area contributed by atoms with Crippen molar-refractivity contribution in [1.82, 2.24) is 10.2 Å². The Morgan fingerprint density at radius 1 is 1.06 bits per heavy atom. The second kappa shape index (κ2) is 12.4. The summed E-state index contributed by atoms with van der Waals surface area (Å²) in [5, 5.41) is 3.95. The highest BCUT2D eigenvalue weighted by molar-refractivity contribution is 6.35. The molecule has 0 bridgehead atoms. The zero-order chi connectivity index (χ0) is 24.6. The molecule has 2 aromatic rings. The van der Waals surface area contributed by atoms with Crippen LogP contribution in [-0.4, -0.2) is 29.3 Å². The van der Waals surface area contributed by atoms with Gasteiger partial charge in [-0.25, -0.2) is 0 Å². The van der Waals surface area contributed by atoms with E-state index in [4.69, 9.17) is 23.2 Å². The van der Waals surface area contributed by atoms with E-state index in [1.54, 1.807) is 30.0 Å². The second-order valence-corrected chi connectivity index (χ2v) is 10.4. The molecule has 33 heavy (non-hydrogen) atoms. The van der Waals surface area contributed by atoms with E-state index in [0.29, 0.717) is 29.4 Å². The molecule has 0 unspecified atom stereocenters. The predicted octanol–water partition coefficient (Wildman–Crippen LogP) is 6.56. The largest absolute Gasteiger partial charge is 0.354 e. The van der Waals surface area contributed by atoms with E-state index in [-0.39, 0.29) is 23.8 Å². The summed E-state index contributed by atoms with van der Waals surface area (Å²) in [5.74, 6) is -0.240. The van der Waals surface area contributed by atoms with Gasteiger partial charge in [0.2, 0.25) is 11.8 Å². The standard InChI is InChI=1S/C27H36Cl2N2O2/c1-6-7-16-30-26(33)19(2)31(18-21-11-14-23(28)17-24(21)29)25(32)15-10-20-8-12-22(13-9-20)27(3,4)5/h8-9,11-14,17,19H,6-7,10,15-16,18H2,1-5H3,(H,30,33)/t19-/m1/s1. The number of hydrogen-bond donors (Lipinski definition) is 1. The van der Waals surface area contributed by atoms with Crippen LogP contribution in [0.5, 0.6) is 0 Å². The lowest BCUT2D eigenvalue weighted by Gasteiger charge is -2.29. The molecule has 0 spiro atoms. The first-order valence-electron chi connectivity index (χ1n) is 11.6. The van der Waals surface area contributed by atoms with E-state index < -0.39 is 6.04 Å². The molecule has 6 heteroatoms. The summed E-state index contributed by atoms with van der Waals surface area (Å²) in [5.41, 5.74) is 3.20. The fraction of sp³-hybridized carbons (Fsp3) is 0.481. The van der Waals surface area contributed by atoms with E-state index in [1.165, 1.54) is 5.56 Å². The van der Waals surface area contributed by atoms with Gasteiger partial charge in [0.15, 0.2) is 0 Å². The highest BCUT2D eigenvalue weighted by Crippen LogP contribution is 2.25. The summed E-state index contributed by atoms with van der Waals surface area (Å²) in [6.07, 6.45) is 2.82. The maximum Gasteiger partial charge on any atom is 0.242 e. The van der Waals surface area contributed by atoms with Gasteiger partial charge in [-0.2, -0.15) is 0 Å². The average Bonchev–Trinajstić information content (AvgIpc) is 2.76. The molecule has 2 amide bonds. The number of halogens is 2. The number of carbonyl (C=O) groups is 2. The lowest BCUT2D eigenvalue weighted by molar-refractivity contribution is -0.140. The molecule has 0 aromatic heterocycles. The van der Waals surface area contributed by atoms with Crippen molar-refractivity contribution in [3.05, 3.63) is 69.2 Å². The Morgan fingerprint density at radius 2 is 1.73 bits per heavy atom. The van der Waals surface area contributed by atoms with E-state index in [9.17, 15) is 9.59 Å². The molecule has 1 N–H and O–H groups in total. The Hall–Kier alpha value is -2.04. The van der Waals surface area contributed by atoms with Gasteiger partial charge in [-0.3, -0.25) is 9.59 Å². The summed E-state index contributed by atoms with van der Waals surface area (Å²) in [6.45, 7) is 11.2. The molecule has 4 nitrogen and oxygen atoms in total. The third kappa shape index (κ3) is 8.35. The number of hydrogen-bond acceptors (Lipinski definition) is 2. The Labute approximate surface area is 208 Å². The summed E-state index contributed by atoms with van der Waals surface area (Å²) < 4.78 is 0. The zero-order valence-electron chi connectivity index (χ0n) is 20.4. The van der Waals surface area contributed by atoms with E-state index in [2.05, 4.69) is 57.3 Å². The monoisotopic (exact) mass is 490 g/mol. The molecule has 0 saturated carbocycles. The number of aryl methyl sites for hydroxylation is 1. The fourth-order valence-electron chi connectivity index (χ4n) is 3.52. The van der Waals surface area contributed by atoms with E-state index >= 15 is 0 Å². The number of unbranched alkanes of at least 4 members (excludes halogenated alkanes) is 1. The van der Waals surface area contributed by atoms with Crippen LogP contribution in [0.2, 0.25) is 10.0 Å². The molecule has 0 aliphatic carbocycles. The van der Waals surface area contributed by atoms with Crippen LogP contribution < -0.4 is 5.32 Å². The van der Waals surface area contributed by atoms with Crippen molar-refractivity contribution in [3.63, 3.8) is 0 Å². The quantitative estimate of drug-likeness (QED) is 0.383. The number of nitrogens with one attached hydrogen (secondary N) is 1. The number of rotatable bonds is 10. The molecule has 0 saturated heterocycles. The van der Waals surface area contributed by atoms with Crippen molar-refractivity contribution >= 4 is 35.0 Å². The van der Waals surface area contributed by atoms with Gasteiger partial charge in [0, 0.05) is 29.6 Å². The van der Waals surface area contributed by atoms with Crippen molar-refractivity contribution in [1.29, 1.82) is 0 Å². The van der Waals surface area contributed by atoms with Gasteiger partial charge in [0.1, 0.15) is 6.04 Å². The van der Waals surface area contributed by atoms with Gasteiger partial charge >= 0.3 is 0 Å². The van der Waals surface area contributed by atoms with Crippen LogP contribution in [0.3, 0.4) is 0 Å². The Bertz CT molecular complexity index is 936. The number of carbonyl (C=O) groups excluding carboxylic acids is 2. The third-order valence-electron chi connectivity index (χ3n) is 5.80. The highest BCUT2D eigenvalue weighted by Gasteiger charge is 2.26. The molecule has 2 rings (SSSR count). The molecule has 0 fully saturated rings.